The van der Waals surface area contributed by atoms with E-state index in [0.29, 0.717) is 43.4 Å². The van der Waals surface area contributed by atoms with Crippen molar-refractivity contribution < 1.29 is 14.3 Å². The third-order valence-corrected chi connectivity index (χ3v) is 5.07. The Bertz CT molecular complexity index is 997. The minimum atomic E-state index is -0.311. The van der Waals surface area contributed by atoms with Crippen LogP contribution >= 0.6 is 0 Å². The van der Waals surface area contributed by atoms with Crippen molar-refractivity contribution in [3.8, 4) is 17.1 Å². The van der Waals surface area contributed by atoms with Crippen LogP contribution in [0.4, 0.5) is 4.79 Å². The van der Waals surface area contributed by atoms with Crippen LogP contribution < -0.4 is 0 Å². The van der Waals surface area contributed by atoms with Crippen molar-refractivity contribution in [3.63, 3.8) is 0 Å². The lowest BCUT2D eigenvalue weighted by atomic mass is 10.1. The standard InChI is InChI=1S/C19H17N7O3/c27-18(24-7-8-25-14(11-24)12-29-19(25)28)15-9-16(13-1-3-20-4-2-13)26(23-15)17-10-21-5-6-22-17/h1-6,9-10,14H,7-8,11-12H2/t14-/m0/s1. The van der Waals surface area contributed by atoms with Gasteiger partial charge in [-0.2, -0.15) is 5.10 Å². The summed E-state index contributed by atoms with van der Waals surface area (Å²) < 4.78 is 6.69. The number of cyclic esters (lactones) is 1. The Morgan fingerprint density at radius 2 is 1.97 bits per heavy atom. The third-order valence-electron chi connectivity index (χ3n) is 5.07. The van der Waals surface area contributed by atoms with Crippen LogP contribution in [-0.4, -0.2) is 78.8 Å². The fraction of sp³-hybridized carbons (Fsp3) is 0.263. The zero-order valence-electron chi connectivity index (χ0n) is 15.4. The molecule has 3 aromatic rings. The molecular weight excluding hydrogens is 374 g/mol. The Morgan fingerprint density at radius 3 is 2.76 bits per heavy atom. The van der Waals surface area contributed by atoms with Crippen molar-refractivity contribution in [1.29, 1.82) is 0 Å². The number of ether oxygens (including phenoxy) is 1. The van der Waals surface area contributed by atoms with Crippen molar-refractivity contribution in [2.75, 3.05) is 26.2 Å². The molecule has 0 aromatic carbocycles. The Hall–Kier alpha value is -3.82. The van der Waals surface area contributed by atoms with Crippen LogP contribution in [0.15, 0.2) is 49.2 Å². The molecule has 0 saturated carbocycles. The van der Waals surface area contributed by atoms with Gasteiger partial charge in [0.1, 0.15) is 6.61 Å². The van der Waals surface area contributed by atoms with Crippen molar-refractivity contribution in [1.82, 2.24) is 34.5 Å². The number of amides is 2. The maximum absolute atomic E-state index is 13.2. The van der Waals surface area contributed by atoms with Gasteiger partial charge in [0.05, 0.1) is 17.9 Å². The minimum absolute atomic E-state index is 0.109. The van der Waals surface area contributed by atoms with Crippen LogP contribution in [0.1, 0.15) is 10.5 Å². The zero-order chi connectivity index (χ0) is 19.8. The molecule has 0 N–H and O–H groups in total. The van der Waals surface area contributed by atoms with Gasteiger partial charge in [-0.15, -0.1) is 0 Å². The summed E-state index contributed by atoms with van der Waals surface area (Å²) >= 11 is 0. The molecule has 0 spiro atoms. The summed E-state index contributed by atoms with van der Waals surface area (Å²) in [5.74, 6) is 0.319. The quantitative estimate of drug-likeness (QED) is 0.656. The molecule has 10 nitrogen and oxygen atoms in total. The number of carbonyl (C=O) groups is 2. The van der Waals surface area contributed by atoms with Gasteiger partial charge in [0.25, 0.3) is 5.91 Å². The summed E-state index contributed by atoms with van der Waals surface area (Å²) in [6, 6.07) is 5.33. The number of aromatic nitrogens is 5. The van der Waals surface area contributed by atoms with Gasteiger partial charge in [0.2, 0.25) is 0 Å². The van der Waals surface area contributed by atoms with Gasteiger partial charge in [-0.25, -0.2) is 14.5 Å². The molecule has 0 bridgehead atoms. The molecule has 29 heavy (non-hydrogen) atoms. The first-order valence-corrected chi connectivity index (χ1v) is 9.20. The predicted octanol–water partition coefficient (Wildman–Crippen LogP) is 1.00. The highest BCUT2D eigenvalue weighted by molar-refractivity contribution is 5.94. The lowest BCUT2D eigenvalue weighted by molar-refractivity contribution is 0.0611. The van der Waals surface area contributed by atoms with Gasteiger partial charge in [-0.1, -0.05) is 0 Å². The summed E-state index contributed by atoms with van der Waals surface area (Å²) in [7, 11) is 0. The van der Waals surface area contributed by atoms with Crippen LogP contribution in [0, 0.1) is 0 Å². The smallest absolute Gasteiger partial charge is 0.410 e. The van der Waals surface area contributed by atoms with Gasteiger partial charge in [-0.3, -0.25) is 19.7 Å². The molecule has 5 rings (SSSR count). The highest BCUT2D eigenvalue weighted by Gasteiger charge is 2.39. The van der Waals surface area contributed by atoms with E-state index in [0.717, 1.165) is 5.56 Å². The van der Waals surface area contributed by atoms with E-state index < -0.39 is 0 Å². The number of piperazine rings is 1. The molecule has 3 aromatic heterocycles. The fourth-order valence-corrected chi connectivity index (χ4v) is 3.62. The van der Waals surface area contributed by atoms with Gasteiger partial charge in [-0.05, 0) is 18.2 Å². The number of pyridine rings is 1. The topological polar surface area (TPSA) is 106 Å². The van der Waals surface area contributed by atoms with Gasteiger partial charge >= 0.3 is 6.09 Å². The lowest BCUT2D eigenvalue weighted by Gasteiger charge is -2.34. The maximum Gasteiger partial charge on any atom is 0.410 e. The number of fused-ring (bicyclic) bond motifs is 1. The van der Waals surface area contributed by atoms with Crippen LogP contribution in [0.5, 0.6) is 0 Å². The number of rotatable bonds is 3. The average Bonchev–Trinajstić information content (AvgIpc) is 3.39. The molecule has 1 atom stereocenters. The SMILES string of the molecule is O=C(c1cc(-c2ccncc2)n(-c2cnccn2)n1)N1CCN2C(=O)OC[C@@H]2C1. The van der Waals surface area contributed by atoms with E-state index in [9.17, 15) is 9.59 Å². The normalized spacial score (nSPS) is 18.5. The van der Waals surface area contributed by atoms with Gasteiger partial charge in [0.15, 0.2) is 11.5 Å². The van der Waals surface area contributed by atoms with E-state index in [-0.39, 0.29) is 18.0 Å². The molecule has 2 fully saturated rings. The molecule has 2 aliphatic rings. The van der Waals surface area contributed by atoms with Crippen molar-refractivity contribution in [2.24, 2.45) is 0 Å². The first-order chi connectivity index (χ1) is 14.2. The molecule has 0 unspecified atom stereocenters. The third kappa shape index (κ3) is 3.08. The average molecular weight is 391 g/mol. The second-order valence-corrected chi connectivity index (χ2v) is 6.80. The van der Waals surface area contributed by atoms with E-state index in [2.05, 4.69) is 20.1 Å². The van der Waals surface area contributed by atoms with Crippen molar-refractivity contribution in [2.45, 2.75) is 6.04 Å². The van der Waals surface area contributed by atoms with Crippen LogP contribution in [0.3, 0.4) is 0 Å². The van der Waals surface area contributed by atoms with E-state index >= 15 is 0 Å². The molecule has 5 heterocycles. The van der Waals surface area contributed by atoms with E-state index in [1.165, 1.54) is 0 Å². The predicted molar refractivity (Wildman–Crippen MR) is 100 cm³/mol. The molecule has 2 amide bonds. The largest absolute Gasteiger partial charge is 0.447 e. The number of nitrogens with zero attached hydrogens (tertiary/aromatic N) is 7. The number of hydrogen-bond donors (Lipinski definition) is 0. The van der Waals surface area contributed by atoms with E-state index in [4.69, 9.17) is 4.74 Å². The maximum atomic E-state index is 13.2. The highest BCUT2D eigenvalue weighted by atomic mass is 16.6. The van der Waals surface area contributed by atoms with Crippen LogP contribution in [0.2, 0.25) is 0 Å². The molecule has 10 heteroatoms. The first kappa shape index (κ1) is 17.3. The summed E-state index contributed by atoms with van der Waals surface area (Å²) in [6.45, 7) is 1.62. The lowest BCUT2D eigenvalue weighted by Crippen LogP contribution is -2.53. The molecule has 0 radical (unpaired) electrons. The molecular formula is C19H17N7O3. The van der Waals surface area contributed by atoms with Gasteiger partial charge < -0.3 is 9.64 Å². The Balaban J connectivity index is 1.48. The molecule has 146 valence electrons. The van der Waals surface area contributed by atoms with Crippen LogP contribution in [-0.2, 0) is 4.74 Å². The number of hydrogen-bond acceptors (Lipinski definition) is 7. The highest BCUT2D eigenvalue weighted by Crippen LogP contribution is 2.24. The minimum Gasteiger partial charge on any atom is -0.447 e. The van der Waals surface area contributed by atoms with Crippen molar-refractivity contribution >= 4 is 12.0 Å². The Morgan fingerprint density at radius 1 is 1.10 bits per heavy atom. The first-order valence-electron chi connectivity index (χ1n) is 9.20. The zero-order valence-corrected chi connectivity index (χ0v) is 15.4. The fourth-order valence-electron chi connectivity index (χ4n) is 3.62. The van der Waals surface area contributed by atoms with Crippen LogP contribution in [0.25, 0.3) is 17.1 Å². The Kier molecular flexibility index (Phi) is 4.15. The summed E-state index contributed by atoms with van der Waals surface area (Å²) in [5.41, 5.74) is 1.88. The Labute approximate surface area is 165 Å². The molecule has 2 aliphatic heterocycles. The van der Waals surface area contributed by atoms with E-state index in [1.807, 2.05) is 12.1 Å². The molecule has 2 saturated heterocycles. The van der Waals surface area contributed by atoms with E-state index in [1.54, 1.807) is 51.5 Å². The summed E-state index contributed by atoms with van der Waals surface area (Å²) in [4.78, 5) is 40.7. The second-order valence-electron chi connectivity index (χ2n) is 6.80. The molecule has 0 aliphatic carbocycles. The van der Waals surface area contributed by atoms with Gasteiger partial charge in [0, 0.05) is 50.0 Å². The monoisotopic (exact) mass is 391 g/mol. The summed E-state index contributed by atoms with van der Waals surface area (Å²) in [6.07, 6.45) is 7.80. The second kappa shape index (κ2) is 6.97. The number of carbonyl (C=O) groups excluding carboxylic acids is 2. The summed E-state index contributed by atoms with van der Waals surface area (Å²) in [5, 5.41) is 4.52. The van der Waals surface area contributed by atoms with Crippen molar-refractivity contribution in [3.05, 3.63) is 54.9 Å².